The van der Waals surface area contributed by atoms with Crippen molar-refractivity contribution in [3.63, 3.8) is 0 Å². The number of thiophene rings is 1. The molecule has 0 radical (unpaired) electrons. The fourth-order valence-corrected chi connectivity index (χ4v) is 4.85. The van der Waals surface area contributed by atoms with E-state index in [9.17, 15) is 10.2 Å². The Morgan fingerprint density at radius 3 is 2.52 bits per heavy atom. The molecular formula is C21H20O5S. The van der Waals surface area contributed by atoms with Gasteiger partial charge in [-0.3, -0.25) is 0 Å². The van der Waals surface area contributed by atoms with E-state index in [4.69, 9.17) is 14.2 Å². The number of benzene rings is 2. The van der Waals surface area contributed by atoms with Gasteiger partial charge in [0.2, 0.25) is 0 Å². The Labute approximate surface area is 160 Å². The van der Waals surface area contributed by atoms with Gasteiger partial charge in [0, 0.05) is 15.8 Å². The van der Waals surface area contributed by atoms with Crippen LogP contribution in [-0.4, -0.2) is 41.2 Å². The molecule has 3 aromatic rings. The Bertz CT molecular complexity index is 924. The molecule has 5 nitrogen and oxygen atoms in total. The lowest BCUT2D eigenvalue weighted by molar-refractivity contribution is -0.329. The van der Waals surface area contributed by atoms with Crippen molar-refractivity contribution in [1.29, 1.82) is 0 Å². The lowest BCUT2D eigenvalue weighted by Gasteiger charge is -2.46. The quantitative estimate of drug-likeness (QED) is 0.710. The molecule has 1 unspecified atom stereocenters. The molecule has 5 rings (SSSR count). The Balaban J connectivity index is 1.40. The molecule has 0 spiro atoms. The number of fused-ring (bicyclic) bond motifs is 2. The van der Waals surface area contributed by atoms with Gasteiger partial charge in [0.25, 0.3) is 0 Å². The van der Waals surface area contributed by atoms with E-state index < -0.39 is 36.8 Å². The van der Waals surface area contributed by atoms with E-state index >= 15 is 0 Å². The number of aliphatic hydroxyl groups excluding tert-OH is 2. The Kier molecular flexibility index (Phi) is 4.47. The summed E-state index contributed by atoms with van der Waals surface area (Å²) in [6.45, 7) is 0.298. The summed E-state index contributed by atoms with van der Waals surface area (Å²) in [6, 6.07) is 17.6. The van der Waals surface area contributed by atoms with Crippen molar-refractivity contribution >= 4 is 21.4 Å². The molecule has 2 aliphatic rings. The minimum absolute atomic E-state index is 0.298. The standard InChI is InChI=1S/C21H20O5S/c22-17-18(23)20-15(10-24-21(26-20)12-6-2-1-3-7-12)25-19(17)14-11-27-16-9-5-4-8-13(14)16/h1-9,11,15,17-23H,10H2/t15-,17-,18-,19+,20-,21?/m1/s1. The van der Waals surface area contributed by atoms with Crippen LogP contribution in [0.15, 0.2) is 60.0 Å². The van der Waals surface area contributed by atoms with Gasteiger partial charge in [0.1, 0.15) is 30.5 Å². The third-order valence-electron chi connectivity index (χ3n) is 5.27. The van der Waals surface area contributed by atoms with Crippen LogP contribution < -0.4 is 0 Å². The maximum absolute atomic E-state index is 10.8. The van der Waals surface area contributed by atoms with Crippen molar-refractivity contribution in [2.45, 2.75) is 36.8 Å². The zero-order chi connectivity index (χ0) is 18.4. The summed E-state index contributed by atoms with van der Waals surface area (Å²) in [6.07, 6.45) is -4.39. The van der Waals surface area contributed by atoms with Gasteiger partial charge in [-0.05, 0) is 16.8 Å². The summed E-state index contributed by atoms with van der Waals surface area (Å²) >= 11 is 1.60. The van der Waals surface area contributed by atoms with Gasteiger partial charge >= 0.3 is 0 Å². The second-order valence-electron chi connectivity index (χ2n) is 6.94. The van der Waals surface area contributed by atoms with E-state index in [1.807, 2.05) is 60.0 Å². The number of ether oxygens (including phenoxy) is 3. The van der Waals surface area contributed by atoms with Crippen molar-refractivity contribution in [3.8, 4) is 0 Å². The van der Waals surface area contributed by atoms with E-state index in [1.54, 1.807) is 11.3 Å². The molecule has 2 fully saturated rings. The molecule has 2 aliphatic heterocycles. The van der Waals surface area contributed by atoms with Gasteiger partial charge in [-0.2, -0.15) is 0 Å². The van der Waals surface area contributed by atoms with Crippen LogP contribution in [0.4, 0.5) is 0 Å². The van der Waals surface area contributed by atoms with Crippen LogP contribution in [0.2, 0.25) is 0 Å². The number of aliphatic hydroxyl groups is 2. The smallest absolute Gasteiger partial charge is 0.184 e. The summed E-state index contributed by atoms with van der Waals surface area (Å²) in [7, 11) is 0. The molecule has 2 aromatic carbocycles. The van der Waals surface area contributed by atoms with Crippen molar-refractivity contribution in [3.05, 3.63) is 71.1 Å². The largest absolute Gasteiger partial charge is 0.387 e. The highest BCUT2D eigenvalue weighted by Gasteiger charge is 2.49. The monoisotopic (exact) mass is 384 g/mol. The zero-order valence-electron chi connectivity index (χ0n) is 14.5. The molecule has 1 aromatic heterocycles. The van der Waals surface area contributed by atoms with Crippen LogP contribution in [-0.2, 0) is 14.2 Å². The summed E-state index contributed by atoms with van der Waals surface area (Å²) < 4.78 is 19.1. The SMILES string of the molecule is O[C@@H]1[C@@H](O)[C@H](c2csc3ccccc23)O[C@@H]2COC(c3ccccc3)O[C@@H]12. The molecule has 0 amide bonds. The van der Waals surface area contributed by atoms with Crippen molar-refractivity contribution in [2.75, 3.05) is 6.61 Å². The summed E-state index contributed by atoms with van der Waals surface area (Å²) in [5.41, 5.74) is 1.77. The minimum Gasteiger partial charge on any atom is -0.387 e. The highest BCUT2D eigenvalue weighted by Crippen LogP contribution is 2.42. The van der Waals surface area contributed by atoms with Gasteiger partial charge in [-0.25, -0.2) is 0 Å². The topological polar surface area (TPSA) is 68.2 Å². The minimum atomic E-state index is -1.07. The molecule has 6 heteroatoms. The van der Waals surface area contributed by atoms with Crippen molar-refractivity contribution in [2.24, 2.45) is 0 Å². The summed E-state index contributed by atoms with van der Waals surface area (Å²) in [5.74, 6) is 0. The van der Waals surface area contributed by atoms with E-state index in [1.165, 1.54) is 0 Å². The number of hydrogen-bond donors (Lipinski definition) is 2. The molecule has 2 saturated heterocycles. The van der Waals surface area contributed by atoms with Crippen LogP contribution in [0.25, 0.3) is 10.1 Å². The molecule has 0 saturated carbocycles. The van der Waals surface area contributed by atoms with Crippen LogP contribution in [0, 0.1) is 0 Å². The van der Waals surface area contributed by atoms with Gasteiger partial charge in [0.05, 0.1) is 6.61 Å². The number of hydrogen-bond acceptors (Lipinski definition) is 6. The van der Waals surface area contributed by atoms with Crippen LogP contribution in [0.5, 0.6) is 0 Å². The predicted molar refractivity (Wildman–Crippen MR) is 101 cm³/mol. The van der Waals surface area contributed by atoms with Crippen molar-refractivity contribution in [1.82, 2.24) is 0 Å². The first-order valence-electron chi connectivity index (χ1n) is 9.02. The Morgan fingerprint density at radius 1 is 0.889 bits per heavy atom. The zero-order valence-corrected chi connectivity index (χ0v) is 15.3. The normalized spacial score (nSPS) is 33.7. The maximum atomic E-state index is 10.8. The molecule has 0 bridgehead atoms. The molecular weight excluding hydrogens is 364 g/mol. The van der Waals surface area contributed by atoms with E-state index in [2.05, 4.69) is 0 Å². The van der Waals surface area contributed by atoms with Gasteiger partial charge in [-0.1, -0.05) is 48.5 Å². The van der Waals surface area contributed by atoms with Gasteiger partial charge in [0.15, 0.2) is 6.29 Å². The third-order valence-corrected chi connectivity index (χ3v) is 6.25. The van der Waals surface area contributed by atoms with Gasteiger partial charge in [-0.15, -0.1) is 11.3 Å². The highest BCUT2D eigenvalue weighted by molar-refractivity contribution is 7.17. The molecule has 0 aliphatic carbocycles. The second kappa shape index (κ2) is 6.98. The van der Waals surface area contributed by atoms with Crippen LogP contribution in [0.1, 0.15) is 23.5 Å². The molecule has 27 heavy (non-hydrogen) atoms. The van der Waals surface area contributed by atoms with Crippen LogP contribution >= 0.6 is 11.3 Å². The first kappa shape index (κ1) is 17.3. The maximum Gasteiger partial charge on any atom is 0.184 e. The molecule has 6 atom stereocenters. The van der Waals surface area contributed by atoms with E-state index in [-0.39, 0.29) is 0 Å². The second-order valence-corrected chi connectivity index (χ2v) is 7.85. The molecule has 140 valence electrons. The first-order valence-corrected chi connectivity index (χ1v) is 9.90. The average molecular weight is 384 g/mol. The highest BCUT2D eigenvalue weighted by atomic mass is 32.1. The summed E-state index contributed by atoms with van der Waals surface area (Å²) in [4.78, 5) is 0. The lowest BCUT2D eigenvalue weighted by Crippen LogP contribution is -2.59. The van der Waals surface area contributed by atoms with Crippen LogP contribution in [0.3, 0.4) is 0 Å². The first-order chi connectivity index (χ1) is 13.2. The summed E-state index contributed by atoms with van der Waals surface area (Å²) in [5, 5.41) is 24.6. The Morgan fingerprint density at radius 2 is 1.67 bits per heavy atom. The van der Waals surface area contributed by atoms with E-state index in [0.29, 0.717) is 6.61 Å². The van der Waals surface area contributed by atoms with Crippen molar-refractivity contribution < 1.29 is 24.4 Å². The van der Waals surface area contributed by atoms with E-state index in [0.717, 1.165) is 21.2 Å². The molecule has 3 heterocycles. The predicted octanol–water partition coefficient (Wildman–Crippen LogP) is 3.18. The lowest BCUT2D eigenvalue weighted by atomic mass is 9.90. The third kappa shape index (κ3) is 2.99. The fraction of sp³-hybridized carbons (Fsp3) is 0.333. The Hall–Kier alpha value is -1.80. The van der Waals surface area contributed by atoms with Gasteiger partial charge < -0.3 is 24.4 Å². The molecule has 2 N–H and O–H groups in total. The average Bonchev–Trinajstić information content (AvgIpc) is 3.15. The fourth-order valence-electron chi connectivity index (χ4n) is 3.87. The number of rotatable bonds is 2.